The second kappa shape index (κ2) is 8.60. The molecule has 0 fully saturated rings. The number of nitrogens with one attached hydrogen (secondary N) is 1. The predicted molar refractivity (Wildman–Crippen MR) is 102 cm³/mol. The number of carbonyl (C=O) groups excluding carboxylic acids is 2. The van der Waals surface area contributed by atoms with Crippen LogP contribution in [0, 0.1) is 11.6 Å². The minimum atomic E-state index is -0.400. The van der Waals surface area contributed by atoms with Crippen molar-refractivity contribution >= 4 is 29.1 Å². The number of amides is 1. The first-order valence-corrected chi connectivity index (χ1v) is 9.08. The van der Waals surface area contributed by atoms with Crippen molar-refractivity contribution in [3.05, 3.63) is 95.6 Å². The lowest BCUT2D eigenvalue weighted by Gasteiger charge is -2.07. The summed E-state index contributed by atoms with van der Waals surface area (Å²) in [5.74, 6) is -0.969. The lowest BCUT2D eigenvalue weighted by Crippen LogP contribution is -2.11. The topological polar surface area (TPSA) is 46.2 Å². The van der Waals surface area contributed by atoms with E-state index in [1.807, 2.05) is 0 Å². The Balaban J connectivity index is 1.55. The lowest BCUT2D eigenvalue weighted by atomic mass is 10.1. The van der Waals surface area contributed by atoms with Crippen LogP contribution in [0.1, 0.15) is 20.7 Å². The monoisotopic (exact) mass is 383 g/mol. The fourth-order valence-corrected chi connectivity index (χ4v) is 3.10. The molecule has 0 aromatic heterocycles. The Morgan fingerprint density at radius 2 is 1.26 bits per heavy atom. The van der Waals surface area contributed by atoms with Gasteiger partial charge in [0.15, 0.2) is 5.78 Å². The normalized spacial score (nSPS) is 10.4. The van der Waals surface area contributed by atoms with E-state index in [0.717, 1.165) is 4.90 Å². The molecule has 136 valence electrons. The average Bonchev–Trinajstić information content (AvgIpc) is 2.68. The lowest BCUT2D eigenvalue weighted by molar-refractivity contribution is 0.101. The minimum absolute atomic E-state index is 0.0892. The van der Waals surface area contributed by atoms with Gasteiger partial charge in [-0.2, -0.15) is 0 Å². The summed E-state index contributed by atoms with van der Waals surface area (Å²) in [5.41, 5.74) is 1.42. The van der Waals surface area contributed by atoms with Crippen LogP contribution >= 0.6 is 11.8 Å². The summed E-state index contributed by atoms with van der Waals surface area (Å²) >= 11 is 1.36. The maximum absolute atomic E-state index is 12.9. The molecule has 0 aliphatic heterocycles. The summed E-state index contributed by atoms with van der Waals surface area (Å²) in [5, 5.41) is 2.73. The van der Waals surface area contributed by atoms with Crippen molar-refractivity contribution in [2.75, 3.05) is 11.1 Å². The zero-order valence-electron chi connectivity index (χ0n) is 14.1. The van der Waals surface area contributed by atoms with Gasteiger partial charge in [0, 0.05) is 21.7 Å². The van der Waals surface area contributed by atoms with Crippen LogP contribution in [0.3, 0.4) is 0 Å². The molecule has 0 saturated heterocycles. The van der Waals surface area contributed by atoms with Gasteiger partial charge in [0.2, 0.25) is 0 Å². The van der Waals surface area contributed by atoms with E-state index < -0.39 is 5.82 Å². The second-order valence-electron chi connectivity index (χ2n) is 5.70. The Bertz CT molecular complexity index is 939. The maximum atomic E-state index is 12.9. The Labute approximate surface area is 159 Å². The highest BCUT2D eigenvalue weighted by Crippen LogP contribution is 2.22. The molecule has 3 aromatic rings. The third-order valence-electron chi connectivity index (χ3n) is 3.75. The molecule has 0 aliphatic carbocycles. The molecule has 3 rings (SSSR count). The molecular formula is C21H15F2NO2S. The number of hydrogen-bond donors (Lipinski definition) is 1. The van der Waals surface area contributed by atoms with Crippen molar-refractivity contribution in [1.29, 1.82) is 0 Å². The summed E-state index contributed by atoms with van der Waals surface area (Å²) in [6, 6.07) is 17.8. The van der Waals surface area contributed by atoms with Gasteiger partial charge in [0.1, 0.15) is 11.6 Å². The molecule has 1 amide bonds. The molecular weight excluding hydrogens is 368 g/mol. The molecule has 6 heteroatoms. The average molecular weight is 383 g/mol. The van der Waals surface area contributed by atoms with Crippen LogP contribution in [-0.4, -0.2) is 17.4 Å². The van der Waals surface area contributed by atoms with Gasteiger partial charge in [0.05, 0.1) is 5.75 Å². The van der Waals surface area contributed by atoms with Gasteiger partial charge >= 0.3 is 0 Å². The molecule has 0 radical (unpaired) electrons. The Kier molecular flexibility index (Phi) is 5.98. The predicted octanol–water partition coefficient (Wildman–Crippen LogP) is 5.19. The molecule has 0 saturated carbocycles. The van der Waals surface area contributed by atoms with E-state index in [-0.39, 0.29) is 23.3 Å². The van der Waals surface area contributed by atoms with Crippen LogP contribution in [0.4, 0.5) is 14.5 Å². The fourth-order valence-electron chi connectivity index (χ4n) is 2.31. The number of Topliss-reactive ketones (excluding diaryl/α,β-unsaturated/α-hetero) is 1. The van der Waals surface area contributed by atoms with Gasteiger partial charge in [-0.3, -0.25) is 9.59 Å². The molecule has 3 aromatic carbocycles. The highest BCUT2D eigenvalue weighted by Gasteiger charge is 2.08. The first-order chi connectivity index (χ1) is 13.0. The van der Waals surface area contributed by atoms with Crippen molar-refractivity contribution in [1.82, 2.24) is 0 Å². The number of ketones is 1. The van der Waals surface area contributed by atoms with E-state index in [4.69, 9.17) is 0 Å². The summed E-state index contributed by atoms with van der Waals surface area (Å²) in [6.45, 7) is 0. The van der Waals surface area contributed by atoms with E-state index in [9.17, 15) is 18.4 Å². The molecule has 3 nitrogen and oxygen atoms in total. The SMILES string of the molecule is O=C(CSc1ccc(NC(=O)c2ccc(F)cc2)cc1)c1ccc(F)cc1. The molecule has 0 heterocycles. The van der Waals surface area contributed by atoms with E-state index in [1.165, 1.54) is 60.3 Å². The largest absolute Gasteiger partial charge is 0.322 e. The summed E-state index contributed by atoms with van der Waals surface area (Å²) in [6.07, 6.45) is 0. The molecule has 0 bridgehead atoms. The number of halogens is 2. The van der Waals surface area contributed by atoms with Crippen molar-refractivity contribution < 1.29 is 18.4 Å². The van der Waals surface area contributed by atoms with Crippen molar-refractivity contribution in [2.24, 2.45) is 0 Å². The van der Waals surface area contributed by atoms with E-state index in [0.29, 0.717) is 16.8 Å². The third-order valence-corrected chi connectivity index (χ3v) is 4.77. The number of benzene rings is 3. The summed E-state index contributed by atoms with van der Waals surface area (Å²) in [7, 11) is 0. The Morgan fingerprint density at radius 3 is 1.81 bits per heavy atom. The van der Waals surface area contributed by atoms with Crippen LogP contribution in [0.15, 0.2) is 77.7 Å². The Hall–Kier alpha value is -2.99. The number of carbonyl (C=O) groups is 2. The van der Waals surface area contributed by atoms with Crippen molar-refractivity contribution in [3.8, 4) is 0 Å². The number of thioether (sulfide) groups is 1. The molecule has 0 unspecified atom stereocenters. The first-order valence-electron chi connectivity index (χ1n) is 8.10. The second-order valence-corrected chi connectivity index (χ2v) is 6.75. The fraction of sp³-hybridized carbons (Fsp3) is 0.0476. The van der Waals surface area contributed by atoms with Crippen LogP contribution in [0.5, 0.6) is 0 Å². The van der Waals surface area contributed by atoms with Crippen LogP contribution < -0.4 is 5.32 Å². The van der Waals surface area contributed by atoms with Crippen LogP contribution in [0.25, 0.3) is 0 Å². The van der Waals surface area contributed by atoms with Gasteiger partial charge in [-0.15, -0.1) is 11.8 Å². The van der Waals surface area contributed by atoms with Gasteiger partial charge < -0.3 is 5.32 Å². The number of rotatable bonds is 6. The minimum Gasteiger partial charge on any atom is -0.322 e. The zero-order valence-corrected chi connectivity index (χ0v) is 14.9. The zero-order chi connectivity index (χ0) is 19.2. The summed E-state index contributed by atoms with van der Waals surface area (Å²) < 4.78 is 25.8. The van der Waals surface area contributed by atoms with Gasteiger partial charge in [-0.05, 0) is 72.8 Å². The molecule has 0 atom stereocenters. The molecule has 0 spiro atoms. The van der Waals surface area contributed by atoms with Crippen LogP contribution in [-0.2, 0) is 0 Å². The first kappa shape index (κ1) is 18.8. The van der Waals surface area contributed by atoms with Gasteiger partial charge in [0.25, 0.3) is 5.91 Å². The smallest absolute Gasteiger partial charge is 0.255 e. The van der Waals surface area contributed by atoms with E-state index >= 15 is 0 Å². The standard InChI is InChI=1S/C21H15F2NO2S/c22-16-5-1-14(2-6-16)20(25)13-27-19-11-9-18(10-12-19)24-21(26)15-3-7-17(23)8-4-15/h1-12H,13H2,(H,24,26). The maximum Gasteiger partial charge on any atom is 0.255 e. The number of hydrogen-bond acceptors (Lipinski definition) is 3. The number of anilines is 1. The molecule has 0 aliphatic rings. The van der Waals surface area contributed by atoms with E-state index in [1.54, 1.807) is 24.3 Å². The molecule has 1 N–H and O–H groups in total. The quantitative estimate of drug-likeness (QED) is 0.471. The summed E-state index contributed by atoms with van der Waals surface area (Å²) in [4.78, 5) is 25.1. The third kappa shape index (κ3) is 5.24. The Morgan fingerprint density at radius 1 is 0.741 bits per heavy atom. The molecule has 27 heavy (non-hydrogen) atoms. The highest BCUT2D eigenvalue weighted by atomic mass is 32.2. The van der Waals surface area contributed by atoms with E-state index in [2.05, 4.69) is 5.32 Å². The van der Waals surface area contributed by atoms with Gasteiger partial charge in [-0.25, -0.2) is 8.78 Å². The van der Waals surface area contributed by atoms with Crippen molar-refractivity contribution in [2.45, 2.75) is 4.90 Å². The van der Waals surface area contributed by atoms with Crippen LogP contribution in [0.2, 0.25) is 0 Å². The van der Waals surface area contributed by atoms with Gasteiger partial charge in [-0.1, -0.05) is 0 Å². The van der Waals surface area contributed by atoms with Crippen molar-refractivity contribution in [3.63, 3.8) is 0 Å². The highest BCUT2D eigenvalue weighted by molar-refractivity contribution is 8.00.